The second-order valence-electron chi connectivity index (χ2n) is 8.31. The molecule has 2 fully saturated rings. The maximum Gasteiger partial charge on any atom is 0.200 e. The number of hydrogen-bond donors (Lipinski definition) is 1. The van der Waals surface area contributed by atoms with Gasteiger partial charge in [0.25, 0.3) is 0 Å². The van der Waals surface area contributed by atoms with Crippen molar-refractivity contribution in [2.75, 3.05) is 0 Å². The van der Waals surface area contributed by atoms with E-state index < -0.39 is 17.4 Å². The summed E-state index contributed by atoms with van der Waals surface area (Å²) >= 11 is 0. The summed E-state index contributed by atoms with van der Waals surface area (Å²) in [4.78, 5) is 0. The van der Waals surface area contributed by atoms with E-state index in [-0.39, 0.29) is 5.92 Å². The molecule has 0 amide bonds. The first kappa shape index (κ1) is 19.4. The van der Waals surface area contributed by atoms with Crippen LogP contribution >= 0.6 is 0 Å². The van der Waals surface area contributed by atoms with Crippen molar-refractivity contribution in [1.82, 2.24) is 0 Å². The fourth-order valence-corrected chi connectivity index (χ4v) is 5.04. The normalized spacial score (nSPS) is 30.0. The van der Waals surface area contributed by atoms with E-state index in [9.17, 15) is 13.9 Å². The van der Waals surface area contributed by atoms with Crippen molar-refractivity contribution in [2.45, 2.75) is 77.0 Å². The number of rotatable bonds is 5. The summed E-state index contributed by atoms with van der Waals surface area (Å²) in [6, 6.07) is 2.85. The van der Waals surface area contributed by atoms with Gasteiger partial charge in [0.15, 0.2) is 11.6 Å². The van der Waals surface area contributed by atoms with Crippen LogP contribution in [0.5, 0.6) is 5.75 Å². The van der Waals surface area contributed by atoms with Crippen molar-refractivity contribution >= 4 is 0 Å². The molecular weight excluding hydrogens is 330 g/mol. The number of hydrogen-bond acceptors (Lipinski definition) is 1. The number of aromatic hydroxyl groups is 1. The van der Waals surface area contributed by atoms with Gasteiger partial charge in [-0.2, -0.15) is 4.39 Å². The molecule has 3 rings (SSSR count). The fourth-order valence-electron chi connectivity index (χ4n) is 5.04. The molecule has 0 aromatic heterocycles. The quantitative estimate of drug-likeness (QED) is 0.553. The minimum Gasteiger partial charge on any atom is -0.505 e. The van der Waals surface area contributed by atoms with Gasteiger partial charge in [0, 0.05) is 0 Å². The van der Waals surface area contributed by atoms with E-state index in [0.717, 1.165) is 43.4 Å². The van der Waals surface area contributed by atoms with Crippen LogP contribution in [0.1, 0.15) is 82.6 Å². The molecule has 0 spiro atoms. The lowest BCUT2D eigenvalue weighted by Crippen LogP contribution is -2.25. The third-order valence-corrected chi connectivity index (χ3v) is 6.65. The van der Waals surface area contributed by atoms with E-state index in [0.29, 0.717) is 5.56 Å². The minimum absolute atomic E-state index is 0.0923. The molecule has 26 heavy (non-hydrogen) atoms. The monoisotopic (exact) mass is 362 g/mol. The van der Waals surface area contributed by atoms with Gasteiger partial charge in [0.2, 0.25) is 5.82 Å². The number of benzene rings is 1. The highest BCUT2D eigenvalue weighted by atomic mass is 19.2. The molecule has 1 aromatic rings. The summed E-state index contributed by atoms with van der Waals surface area (Å²) in [6.45, 7) is 2.22. The van der Waals surface area contributed by atoms with E-state index in [4.69, 9.17) is 0 Å². The van der Waals surface area contributed by atoms with Crippen LogP contribution in [0.15, 0.2) is 24.3 Å². The molecule has 0 heterocycles. The summed E-state index contributed by atoms with van der Waals surface area (Å²) in [5.74, 6) is -0.125. The third-order valence-electron chi connectivity index (χ3n) is 6.65. The molecule has 0 atom stereocenters. The van der Waals surface area contributed by atoms with Gasteiger partial charge in [-0.15, -0.1) is 0 Å². The Morgan fingerprint density at radius 1 is 0.923 bits per heavy atom. The first-order valence-electron chi connectivity index (χ1n) is 10.4. The van der Waals surface area contributed by atoms with Crippen LogP contribution in [0.3, 0.4) is 0 Å². The molecule has 0 aliphatic heterocycles. The molecule has 1 aromatic carbocycles. The first-order valence-corrected chi connectivity index (χ1v) is 10.4. The maximum absolute atomic E-state index is 14.1. The van der Waals surface area contributed by atoms with E-state index in [1.165, 1.54) is 44.6 Å². The van der Waals surface area contributed by atoms with E-state index in [2.05, 4.69) is 19.1 Å². The third kappa shape index (κ3) is 4.47. The molecular formula is C23H32F2O. The molecule has 0 unspecified atom stereocenters. The lowest BCUT2D eigenvalue weighted by Gasteiger charge is -2.37. The summed E-state index contributed by atoms with van der Waals surface area (Å²) in [5.41, 5.74) is 0.448. The van der Waals surface area contributed by atoms with Crippen LogP contribution in [0, 0.1) is 29.4 Å². The predicted molar refractivity (Wildman–Crippen MR) is 102 cm³/mol. The largest absolute Gasteiger partial charge is 0.505 e. The Balaban J connectivity index is 1.50. The van der Waals surface area contributed by atoms with E-state index in [1.54, 1.807) is 6.07 Å². The molecule has 2 saturated carbocycles. The molecule has 3 heteroatoms. The van der Waals surface area contributed by atoms with Gasteiger partial charge < -0.3 is 5.11 Å². The summed E-state index contributed by atoms with van der Waals surface area (Å²) < 4.78 is 27.8. The number of phenols is 1. The van der Waals surface area contributed by atoms with Crippen molar-refractivity contribution in [3.8, 4) is 5.75 Å². The first-order chi connectivity index (χ1) is 12.6. The van der Waals surface area contributed by atoms with Crippen molar-refractivity contribution in [3.05, 3.63) is 41.5 Å². The minimum atomic E-state index is -1.10. The Morgan fingerprint density at radius 3 is 2.15 bits per heavy atom. The topological polar surface area (TPSA) is 20.2 Å². The molecule has 0 bridgehead atoms. The molecule has 0 saturated heterocycles. The van der Waals surface area contributed by atoms with Crippen molar-refractivity contribution in [2.24, 2.45) is 17.8 Å². The highest BCUT2D eigenvalue weighted by Crippen LogP contribution is 2.45. The molecule has 2 aliphatic carbocycles. The zero-order valence-corrected chi connectivity index (χ0v) is 15.9. The Hall–Kier alpha value is -1.38. The number of unbranched alkanes of at least 4 members (excludes halogenated alkanes) is 1. The van der Waals surface area contributed by atoms with Crippen molar-refractivity contribution in [1.29, 1.82) is 0 Å². The lowest BCUT2D eigenvalue weighted by molar-refractivity contribution is 0.170. The second kappa shape index (κ2) is 9.01. The van der Waals surface area contributed by atoms with Crippen LogP contribution in [0.25, 0.3) is 0 Å². The molecule has 1 nitrogen and oxygen atoms in total. The SMILES string of the molecule is CCC/C=C/C1CCC(C2CCC(c3ccc(O)c(F)c3F)CC2)CC1. The smallest absolute Gasteiger partial charge is 0.200 e. The summed E-state index contributed by atoms with van der Waals surface area (Å²) in [6.07, 6.45) is 16.5. The number of phenolic OH excluding ortho intramolecular Hbond substituents is 1. The fraction of sp³-hybridized carbons (Fsp3) is 0.652. The van der Waals surface area contributed by atoms with E-state index in [1.807, 2.05) is 0 Å². The zero-order valence-electron chi connectivity index (χ0n) is 15.9. The molecule has 2 aliphatic rings. The predicted octanol–water partition coefficient (Wildman–Crippen LogP) is 7.11. The van der Waals surface area contributed by atoms with Crippen LogP contribution < -0.4 is 0 Å². The lowest BCUT2D eigenvalue weighted by atomic mass is 9.68. The average Bonchev–Trinajstić information content (AvgIpc) is 2.67. The Morgan fingerprint density at radius 2 is 1.54 bits per heavy atom. The van der Waals surface area contributed by atoms with Crippen LogP contribution in [0.4, 0.5) is 8.78 Å². The number of allylic oxidation sites excluding steroid dienone is 2. The van der Waals surface area contributed by atoms with Gasteiger partial charge in [-0.1, -0.05) is 31.6 Å². The highest BCUT2D eigenvalue weighted by molar-refractivity contribution is 5.32. The van der Waals surface area contributed by atoms with Gasteiger partial charge >= 0.3 is 0 Å². The van der Waals surface area contributed by atoms with E-state index >= 15 is 0 Å². The Kier molecular flexibility index (Phi) is 6.72. The van der Waals surface area contributed by atoms with Crippen molar-refractivity contribution in [3.63, 3.8) is 0 Å². The van der Waals surface area contributed by atoms with Gasteiger partial charge in [0.05, 0.1) is 0 Å². The zero-order chi connectivity index (χ0) is 18.5. The highest BCUT2D eigenvalue weighted by Gasteiger charge is 2.32. The van der Waals surface area contributed by atoms with Gasteiger partial charge in [-0.05, 0) is 93.1 Å². The Labute approximate surface area is 156 Å². The molecule has 144 valence electrons. The second-order valence-corrected chi connectivity index (χ2v) is 8.31. The van der Waals surface area contributed by atoms with Crippen LogP contribution in [-0.4, -0.2) is 5.11 Å². The Bertz CT molecular complexity index is 609. The maximum atomic E-state index is 14.1. The summed E-state index contributed by atoms with van der Waals surface area (Å²) in [7, 11) is 0. The summed E-state index contributed by atoms with van der Waals surface area (Å²) in [5, 5.41) is 9.30. The van der Waals surface area contributed by atoms with Crippen LogP contribution in [0.2, 0.25) is 0 Å². The van der Waals surface area contributed by atoms with Gasteiger partial charge in [-0.3, -0.25) is 0 Å². The average molecular weight is 363 g/mol. The van der Waals surface area contributed by atoms with Crippen molar-refractivity contribution < 1.29 is 13.9 Å². The molecule has 1 N–H and O–H groups in total. The van der Waals surface area contributed by atoms with Gasteiger partial charge in [0.1, 0.15) is 0 Å². The molecule has 0 radical (unpaired) electrons. The van der Waals surface area contributed by atoms with Gasteiger partial charge in [-0.25, -0.2) is 4.39 Å². The standard InChI is InChI=1S/C23H32F2O/c1-2-3-4-5-16-6-8-17(9-7-16)18-10-12-19(13-11-18)20-14-15-21(26)23(25)22(20)24/h4-5,14-19,26H,2-3,6-13H2,1H3/b5-4+. The van der Waals surface area contributed by atoms with Crippen LogP contribution in [-0.2, 0) is 0 Å². The number of halogens is 2.